The molecule has 0 saturated carbocycles. The van der Waals surface area contributed by atoms with E-state index in [4.69, 9.17) is 32.7 Å². The maximum Gasteiger partial charge on any atom is 0.272 e. The highest BCUT2D eigenvalue weighted by molar-refractivity contribution is 9.10. The van der Waals surface area contributed by atoms with Gasteiger partial charge in [0.15, 0.2) is 11.5 Å². The summed E-state index contributed by atoms with van der Waals surface area (Å²) in [6.45, 7) is 0.383. The van der Waals surface area contributed by atoms with Crippen LogP contribution < -0.4 is 14.9 Å². The summed E-state index contributed by atoms with van der Waals surface area (Å²) in [5.74, 6) is 0.651. The van der Waals surface area contributed by atoms with Crippen LogP contribution >= 0.6 is 55.1 Å². The van der Waals surface area contributed by atoms with E-state index in [2.05, 4.69) is 42.4 Å². The number of amides is 1. The summed E-state index contributed by atoms with van der Waals surface area (Å²) in [6, 6.07) is 16.0. The van der Waals surface area contributed by atoms with Crippen molar-refractivity contribution in [2.45, 2.75) is 6.61 Å². The highest BCUT2D eigenvalue weighted by Gasteiger charge is 2.12. The zero-order valence-corrected chi connectivity index (χ0v) is 20.8. The third-order valence-electron chi connectivity index (χ3n) is 4.10. The molecule has 160 valence electrons. The Morgan fingerprint density at radius 1 is 1.10 bits per heavy atom. The van der Waals surface area contributed by atoms with Crippen LogP contribution in [0.3, 0.4) is 0 Å². The van der Waals surface area contributed by atoms with Crippen molar-refractivity contribution < 1.29 is 14.3 Å². The largest absolute Gasteiger partial charge is 0.493 e. The van der Waals surface area contributed by atoms with Gasteiger partial charge in [0.2, 0.25) is 0 Å². The van der Waals surface area contributed by atoms with Crippen LogP contribution in [-0.2, 0) is 6.61 Å². The second-order valence-electron chi connectivity index (χ2n) is 6.27. The maximum absolute atomic E-state index is 12.2. The summed E-state index contributed by atoms with van der Waals surface area (Å²) in [7, 11) is 1.56. The van der Waals surface area contributed by atoms with Gasteiger partial charge >= 0.3 is 0 Å². The fourth-order valence-corrected chi connectivity index (χ4v) is 3.92. The molecule has 0 aliphatic carbocycles. The number of hydrazone groups is 1. The predicted molar refractivity (Wildman–Crippen MR) is 131 cm³/mol. The van der Waals surface area contributed by atoms with E-state index in [0.29, 0.717) is 33.2 Å². The summed E-state index contributed by atoms with van der Waals surface area (Å²) in [4.78, 5) is 12.2. The number of ether oxygens (including phenoxy) is 2. The second kappa shape index (κ2) is 11.0. The maximum atomic E-state index is 12.2. The van der Waals surface area contributed by atoms with E-state index < -0.39 is 5.91 Å². The molecule has 0 radical (unpaired) electrons. The minimum atomic E-state index is -0.446. The molecule has 0 spiro atoms. The monoisotopic (exact) mass is 584 g/mol. The van der Waals surface area contributed by atoms with Crippen molar-refractivity contribution in [3.05, 3.63) is 90.3 Å². The molecule has 0 unspecified atom stereocenters. The molecule has 3 aromatic rings. The molecular formula is C22H16Br2Cl2N2O3. The van der Waals surface area contributed by atoms with Crippen molar-refractivity contribution in [3.8, 4) is 11.5 Å². The fraction of sp³-hybridized carbons (Fsp3) is 0.0909. The Labute approximate surface area is 206 Å². The number of carbonyl (C=O) groups excluding carboxylic acids is 1. The summed E-state index contributed by atoms with van der Waals surface area (Å²) in [6.07, 6.45) is 1.49. The second-order valence-corrected chi connectivity index (χ2v) is 8.89. The smallest absolute Gasteiger partial charge is 0.272 e. The molecule has 0 aromatic heterocycles. The molecule has 9 heteroatoms. The molecular weight excluding hydrogens is 571 g/mol. The number of halogens is 4. The number of rotatable bonds is 7. The molecule has 0 bridgehead atoms. The lowest BCUT2D eigenvalue weighted by molar-refractivity contribution is 0.0955. The quantitative estimate of drug-likeness (QED) is 0.243. The number of nitrogens with one attached hydrogen (secondary N) is 1. The van der Waals surface area contributed by atoms with E-state index >= 15 is 0 Å². The molecule has 0 heterocycles. The van der Waals surface area contributed by atoms with Gasteiger partial charge in [0.05, 0.1) is 28.4 Å². The van der Waals surface area contributed by atoms with Gasteiger partial charge in [-0.1, -0.05) is 51.3 Å². The summed E-state index contributed by atoms with van der Waals surface area (Å²) in [5.41, 5.74) is 4.44. The van der Waals surface area contributed by atoms with Crippen LogP contribution in [0.2, 0.25) is 10.0 Å². The first-order chi connectivity index (χ1) is 14.9. The first-order valence-corrected chi connectivity index (χ1v) is 11.2. The highest BCUT2D eigenvalue weighted by Crippen LogP contribution is 2.37. The molecule has 31 heavy (non-hydrogen) atoms. The molecule has 1 amide bonds. The van der Waals surface area contributed by atoms with Gasteiger partial charge in [-0.15, -0.1) is 0 Å². The van der Waals surface area contributed by atoms with Crippen molar-refractivity contribution in [1.82, 2.24) is 5.43 Å². The number of carbonyl (C=O) groups is 1. The average molecular weight is 587 g/mol. The van der Waals surface area contributed by atoms with Gasteiger partial charge < -0.3 is 9.47 Å². The SMILES string of the molecule is COc1cc(/C=N/NC(=O)c2ccc(Cl)cc2Cl)cc(Br)c1OCc1ccc(Br)cc1. The number of benzene rings is 3. The van der Waals surface area contributed by atoms with E-state index in [1.165, 1.54) is 18.3 Å². The van der Waals surface area contributed by atoms with Crippen LogP contribution in [-0.4, -0.2) is 19.2 Å². The van der Waals surface area contributed by atoms with Gasteiger partial charge in [-0.05, 0) is 69.5 Å². The van der Waals surface area contributed by atoms with Gasteiger partial charge in [-0.25, -0.2) is 5.43 Å². The van der Waals surface area contributed by atoms with Crippen molar-refractivity contribution in [2.75, 3.05) is 7.11 Å². The molecule has 0 atom stereocenters. The van der Waals surface area contributed by atoms with E-state index in [1.54, 1.807) is 19.2 Å². The number of hydrogen-bond donors (Lipinski definition) is 1. The highest BCUT2D eigenvalue weighted by atomic mass is 79.9. The topological polar surface area (TPSA) is 59.9 Å². The average Bonchev–Trinajstić information content (AvgIpc) is 2.73. The molecule has 0 aliphatic rings. The van der Waals surface area contributed by atoms with Gasteiger partial charge in [0, 0.05) is 9.50 Å². The fourth-order valence-electron chi connectivity index (χ4n) is 2.59. The zero-order valence-electron chi connectivity index (χ0n) is 16.2. The third kappa shape index (κ3) is 6.46. The lowest BCUT2D eigenvalue weighted by Crippen LogP contribution is -2.18. The lowest BCUT2D eigenvalue weighted by atomic mass is 10.2. The van der Waals surface area contributed by atoms with E-state index in [0.717, 1.165) is 10.0 Å². The van der Waals surface area contributed by atoms with Crippen molar-refractivity contribution >= 4 is 67.2 Å². The van der Waals surface area contributed by atoms with Gasteiger partial charge in [0.25, 0.3) is 5.91 Å². The normalized spacial score (nSPS) is 10.9. The van der Waals surface area contributed by atoms with Crippen molar-refractivity contribution in [1.29, 1.82) is 0 Å². The van der Waals surface area contributed by atoms with E-state index in [9.17, 15) is 4.79 Å². The molecule has 3 aromatic carbocycles. The lowest BCUT2D eigenvalue weighted by Gasteiger charge is -2.13. The third-order valence-corrected chi connectivity index (χ3v) is 5.77. The van der Waals surface area contributed by atoms with Gasteiger partial charge in [-0.2, -0.15) is 5.10 Å². The van der Waals surface area contributed by atoms with E-state index in [1.807, 2.05) is 30.3 Å². The number of hydrogen-bond acceptors (Lipinski definition) is 4. The Morgan fingerprint density at radius 2 is 1.84 bits per heavy atom. The minimum Gasteiger partial charge on any atom is -0.493 e. The molecule has 0 fully saturated rings. The zero-order chi connectivity index (χ0) is 22.4. The van der Waals surface area contributed by atoms with Crippen LogP contribution in [0, 0.1) is 0 Å². The first-order valence-electron chi connectivity index (χ1n) is 8.90. The number of methoxy groups -OCH3 is 1. The molecule has 0 saturated heterocycles. The Balaban J connectivity index is 1.69. The van der Waals surface area contributed by atoms with Crippen LogP contribution in [0.15, 0.2) is 68.6 Å². The van der Waals surface area contributed by atoms with Crippen LogP contribution in [0.5, 0.6) is 11.5 Å². The number of nitrogens with zero attached hydrogens (tertiary/aromatic N) is 1. The molecule has 5 nitrogen and oxygen atoms in total. The molecule has 1 N–H and O–H groups in total. The Kier molecular flexibility index (Phi) is 8.37. The summed E-state index contributed by atoms with van der Waals surface area (Å²) >= 11 is 18.8. The minimum absolute atomic E-state index is 0.247. The van der Waals surface area contributed by atoms with Gasteiger partial charge in [-0.3, -0.25) is 4.79 Å². The van der Waals surface area contributed by atoms with Crippen molar-refractivity contribution in [2.24, 2.45) is 5.10 Å². The Hall–Kier alpha value is -2.06. The van der Waals surface area contributed by atoms with Crippen LogP contribution in [0.1, 0.15) is 21.5 Å². The molecule has 3 rings (SSSR count). The summed E-state index contributed by atoms with van der Waals surface area (Å²) < 4.78 is 13.1. The van der Waals surface area contributed by atoms with Gasteiger partial charge in [0.1, 0.15) is 6.61 Å². The van der Waals surface area contributed by atoms with Crippen LogP contribution in [0.4, 0.5) is 0 Å². The van der Waals surface area contributed by atoms with E-state index in [-0.39, 0.29) is 10.6 Å². The predicted octanol–water partition coefficient (Wildman–Crippen LogP) is 6.87. The van der Waals surface area contributed by atoms with Crippen LogP contribution in [0.25, 0.3) is 0 Å². The Bertz CT molecular complexity index is 1120. The first kappa shape index (κ1) is 23.6. The standard InChI is InChI=1S/C22H16Br2Cl2N2O3/c1-30-20-9-14(11-27-28-22(29)17-7-6-16(25)10-19(17)26)8-18(24)21(20)31-12-13-2-4-15(23)5-3-13/h2-11H,12H2,1H3,(H,28,29)/b27-11+. The Morgan fingerprint density at radius 3 is 2.52 bits per heavy atom. The summed E-state index contributed by atoms with van der Waals surface area (Å²) in [5, 5.41) is 4.69. The van der Waals surface area contributed by atoms with Crippen molar-refractivity contribution in [3.63, 3.8) is 0 Å². The molecule has 0 aliphatic heterocycles.